The molecule has 0 aromatic carbocycles. The normalized spacial score (nSPS) is 26.5. The molecule has 1 saturated heterocycles. The maximum atomic E-state index is 12.3. The molecule has 7 nitrogen and oxygen atoms in total. The molecule has 1 aromatic heterocycles. The number of carbonyl (C=O) groups excluding carboxylic acids is 1. The topological polar surface area (TPSA) is 102 Å². The van der Waals surface area contributed by atoms with Gasteiger partial charge in [0.15, 0.2) is 0 Å². The van der Waals surface area contributed by atoms with Crippen molar-refractivity contribution in [3.8, 4) is 0 Å². The van der Waals surface area contributed by atoms with Gasteiger partial charge in [0.25, 0.3) is 5.91 Å². The summed E-state index contributed by atoms with van der Waals surface area (Å²) in [6, 6.07) is 1.34. The number of hydrogen-bond donors (Lipinski definition) is 3. The van der Waals surface area contributed by atoms with Crippen LogP contribution in [0, 0.1) is 0 Å². The van der Waals surface area contributed by atoms with Gasteiger partial charge in [-0.2, -0.15) is 4.31 Å². The summed E-state index contributed by atoms with van der Waals surface area (Å²) in [4.78, 5) is 14.8. The number of carbonyl (C=O) groups is 1. The van der Waals surface area contributed by atoms with Crippen molar-refractivity contribution in [2.45, 2.75) is 42.7 Å². The van der Waals surface area contributed by atoms with Crippen molar-refractivity contribution in [3.63, 3.8) is 0 Å². The Bertz CT molecular complexity index is 628. The summed E-state index contributed by atoms with van der Waals surface area (Å²) in [6.45, 7) is 1.07. The highest BCUT2D eigenvalue weighted by atomic mass is 32.2. The first-order chi connectivity index (χ1) is 9.96. The van der Waals surface area contributed by atoms with Gasteiger partial charge in [0.2, 0.25) is 10.0 Å². The number of sulfonamides is 1. The van der Waals surface area contributed by atoms with E-state index < -0.39 is 10.0 Å². The molecule has 0 unspecified atom stereocenters. The molecule has 2 aliphatic rings. The lowest BCUT2D eigenvalue weighted by molar-refractivity contribution is 0.0561. The van der Waals surface area contributed by atoms with Gasteiger partial charge in [0.1, 0.15) is 10.6 Å². The van der Waals surface area contributed by atoms with Gasteiger partial charge in [-0.3, -0.25) is 4.79 Å². The van der Waals surface area contributed by atoms with E-state index in [9.17, 15) is 18.3 Å². The molecular formula is C13H19N3O4S. The first-order valence-electron chi connectivity index (χ1n) is 7.14. The highest BCUT2D eigenvalue weighted by molar-refractivity contribution is 7.89. The average molecular weight is 313 g/mol. The number of H-pyrrole nitrogens is 1. The predicted molar refractivity (Wildman–Crippen MR) is 75.3 cm³/mol. The molecule has 1 aliphatic carbocycles. The van der Waals surface area contributed by atoms with E-state index in [1.807, 2.05) is 0 Å². The predicted octanol–water partition coefficient (Wildman–Crippen LogP) is 0.0523. The van der Waals surface area contributed by atoms with Crippen LogP contribution in [0.2, 0.25) is 0 Å². The van der Waals surface area contributed by atoms with E-state index in [4.69, 9.17) is 0 Å². The van der Waals surface area contributed by atoms with Crippen LogP contribution in [0.4, 0.5) is 0 Å². The van der Waals surface area contributed by atoms with Crippen LogP contribution in [-0.2, 0) is 10.0 Å². The largest absolute Gasteiger partial charge is 0.393 e. The maximum absolute atomic E-state index is 12.3. The minimum absolute atomic E-state index is 0.0329. The molecular weight excluding hydrogens is 294 g/mol. The molecule has 1 aromatic rings. The minimum Gasteiger partial charge on any atom is -0.393 e. The number of aromatic nitrogens is 1. The van der Waals surface area contributed by atoms with E-state index >= 15 is 0 Å². The number of aliphatic hydroxyl groups is 1. The van der Waals surface area contributed by atoms with Gasteiger partial charge in [-0.15, -0.1) is 0 Å². The highest BCUT2D eigenvalue weighted by Crippen LogP contribution is 2.22. The lowest BCUT2D eigenvalue weighted by Crippen LogP contribution is -2.46. The molecule has 0 spiro atoms. The van der Waals surface area contributed by atoms with Gasteiger partial charge in [-0.1, -0.05) is 0 Å². The summed E-state index contributed by atoms with van der Waals surface area (Å²) in [5.74, 6) is -0.338. The van der Waals surface area contributed by atoms with E-state index in [1.54, 1.807) is 0 Å². The van der Waals surface area contributed by atoms with E-state index in [-0.39, 0.29) is 28.6 Å². The van der Waals surface area contributed by atoms with Gasteiger partial charge in [0, 0.05) is 25.3 Å². The van der Waals surface area contributed by atoms with Crippen molar-refractivity contribution in [1.29, 1.82) is 0 Å². The van der Waals surface area contributed by atoms with E-state index in [2.05, 4.69) is 10.3 Å². The fraction of sp³-hybridized carbons (Fsp3) is 0.615. The van der Waals surface area contributed by atoms with Crippen molar-refractivity contribution in [2.24, 2.45) is 0 Å². The number of hydrogen-bond acceptors (Lipinski definition) is 4. The van der Waals surface area contributed by atoms with Crippen LogP contribution in [0.3, 0.4) is 0 Å². The Morgan fingerprint density at radius 1 is 1.33 bits per heavy atom. The number of nitrogens with one attached hydrogen (secondary N) is 2. The molecule has 8 heteroatoms. The summed E-state index contributed by atoms with van der Waals surface area (Å²) in [5, 5.41) is 11.9. The summed E-state index contributed by atoms with van der Waals surface area (Å²) in [7, 11) is -3.50. The molecule has 3 rings (SSSR count). The molecule has 0 bridgehead atoms. The average Bonchev–Trinajstić information content (AvgIpc) is 3.08. The molecule has 2 fully saturated rings. The first kappa shape index (κ1) is 14.6. The molecule has 1 amide bonds. The van der Waals surface area contributed by atoms with Crippen LogP contribution in [0.25, 0.3) is 0 Å². The second-order valence-corrected chi connectivity index (χ2v) is 7.59. The Hall–Kier alpha value is -1.38. The molecule has 3 N–H and O–H groups in total. The molecule has 0 radical (unpaired) electrons. The second-order valence-electron chi connectivity index (χ2n) is 5.66. The van der Waals surface area contributed by atoms with Crippen LogP contribution < -0.4 is 5.32 Å². The van der Waals surface area contributed by atoms with Crippen molar-refractivity contribution in [3.05, 3.63) is 18.0 Å². The second kappa shape index (κ2) is 5.43. The van der Waals surface area contributed by atoms with Gasteiger partial charge < -0.3 is 15.4 Å². The highest BCUT2D eigenvalue weighted by Gasteiger charge is 2.31. The number of aliphatic hydroxyl groups excluding tert-OH is 1. The van der Waals surface area contributed by atoms with E-state index in [0.29, 0.717) is 25.9 Å². The molecule has 1 aliphatic heterocycles. The van der Waals surface area contributed by atoms with Crippen molar-refractivity contribution < 1.29 is 18.3 Å². The summed E-state index contributed by atoms with van der Waals surface area (Å²) >= 11 is 0. The lowest BCUT2D eigenvalue weighted by atomic mass is 9.89. The summed E-state index contributed by atoms with van der Waals surface area (Å²) in [6.07, 6.45) is 3.86. The minimum atomic E-state index is -3.50. The third kappa shape index (κ3) is 2.83. The van der Waals surface area contributed by atoms with Gasteiger partial charge >= 0.3 is 0 Å². The Balaban J connectivity index is 1.69. The Kier molecular flexibility index (Phi) is 3.76. The zero-order valence-corrected chi connectivity index (χ0v) is 12.4. The fourth-order valence-corrected chi connectivity index (χ4v) is 4.21. The standard InChI is InChI=1S/C13H19N3O4S/c17-10-5-9(6-10)15-13(18)12-7-11(8-14-12)21(19,20)16-3-1-2-4-16/h7-10,14,17H,1-6H2,(H,15,18). The Morgan fingerprint density at radius 3 is 2.62 bits per heavy atom. The van der Waals surface area contributed by atoms with Crippen LogP contribution in [0.1, 0.15) is 36.2 Å². The van der Waals surface area contributed by atoms with Crippen molar-refractivity contribution in [2.75, 3.05) is 13.1 Å². The zero-order valence-electron chi connectivity index (χ0n) is 11.6. The number of rotatable bonds is 4. The Labute approximate surface area is 123 Å². The van der Waals surface area contributed by atoms with Crippen molar-refractivity contribution in [1.82, 2.24) is 14.6 Å². The first-order valence-corrected chi connectivity index (χ1v) is 8.58. The van der Waals surface area contributed by atoms with Crippen LogP contribution in [0.15, 0.2) is 17.2 Å². The summed E-state index contributed by atoms with van der Waals surface area (Å²) < 4.78 is 26.1. The van der Waals surface area contributed by atoms with E-state index in [0.717, 1.165) is 12.8 Å². The fourth-order valence-electron chi connectivity index (χ4n) is 2.70. The quantitative estimate of drug-likeness (QED) is 0.731. The third-order valence-corrected chi connectivity index (χ3v) is 5.93. The number of nitrogens with zero attached hydrogens (tertiary/aromatic N) is 1. The lowest BCUT2D eigenvalue weighted by Gasteiger charge is -2.31. The summed E-state index contributed by atoms with van der Waals surface area (Å²) in [5.41, 5.74) is 0.231. The third-order valence-electron chi connectivity index (χ3n) is 4.05. The molecule has 2 heterocycles. The molecule has 116 valence electrons. The Morgan fingerprint density at radius 2 is 2.00 bits per heavy atom. The molecule has 1 saturated carbocycles. The monoisotopic (exact) mass is 313 g/mol. The van der Waals surface area contributed by atoms with Crippen LogP contribution >= 0.6 is 0 Å². The number of aromatic amines is 1. The molecule has 0 atom stereocenters. The zero-order chi connectivity index (χ0) is 15.0. The van der Waals surface area contributed by atoms with Crippen LogP contribution in [0.5, 0.6) is 0 Å². The van der Waals surface area contributed by atoms with Crippen molar-refractivity contribution >= 4 is 15.9 Å². The van der Waals surface area contributed by atoms with Gasteiger partial charge in [0.05, 0.1) is 6.10 Å². The SMILES string of the molecule is O=C(NC1CC(O)C1)c1cc(S(=O)(=O)N2CCCC2)c[nH]1. The maximum Gasteiger partial charge on any atom is 0.267 e. The smallest absolute Gasteiger partial charge is 0.267 e. The van der Waals surface area contributed by atoms with Gasteiger partial charge in [-0.05, 0) is 31.7 Å². The van der Waals surface area contributed by atoms with E-state index in [1.165, 1.54) is 16.6 Å². The van der Waals surface area contributed by atoms with Crippen LogP contribution in [-0.4, -0.2) is 54.0 Å². The number of amides is 1. The molecule has 21 heavy (non-hydrogen) atoms. The van der Waals surface area contributed by atoms with Gasteiger partial charge in [-0.25, -0.2) is 8.42 Å².